The normalized spacial score (nSPS) is 11.2. The second-order valence-corrected chi connectivity index (χ2v) is 3.54. The summed E-state index contributed by atoms with van der Waals surface area (Å²) in [7, 11) is 0. The van der Waals surface area contributed by atoms with E-state index in [1.165, 1.54) is 6.08 Å². The summed E-state index contributed by atoms with van der Waals surface area (Å²) < 4.78 is 5.18. The highest BCUT2D eigenvalue weighted by Crippen LogP contribution is 2.16. The van der Waals surface area contributed by atoms with Crippen LogP contribution in [0, 0.1) is 10.1 Å². The molecule has 0 radical (unpaired) electrons. The first-order valence-corrected chi connectivity index (χ1v) is 5.17. The van der Waals surface area contributed by atoms with Crippen LogP contribution in [0.4, 0.5) is 0 Å². The summed E-state index contributed by atoms with van der Waals surface area (Å²) >= 11 is 2.86. The SMILES string of the molecule is CCOc1ccc(C=C(Br)[N+](=O)[O-])cc1. The molecule has 0 heterocycles. The number of nitro groups is 1. The van der Waals surface area contributed by atoms with Crippen molar-refractivity contribution in [3.8, 4) is 5.75 Å². The topological polar surface area (TPSA) is 52.4 Å². The summed E-state index contributed by atoms with van der Waals surface area (Å²) in [4.78, 5) is 9.85. The van der Waals surface area contributed by atoms with Crippen molar-refractivity contribution in [2.75, 3.05) is 6.61 Å². The molecule has 0 saturated heterocycles. The van der Waals surface area contributed by atoms with E-state index in [1.807, 2.05) is 6.92 Å². The Balaban J connectivity index is 2.80. The Hall–Kier alpha value is -1.36. The minimum absolute atomic E-state index is 0.0633. The predicted molar refractivity (Wildman–Crippen MR) is 61.5 cm³/mol. The molecule has 15 heavy (non-hydrogen) atoms. The van der Waals surface area contributed by atoms with Gasteiger partial charge in [-0.3, -0.25) is 10.1 Å². The van der Waals surface area contributed by atoms with Gasteiger partial charge in [-0.1, -0.05) is 12.1 Å². The Morgan fingerprint density at radius 3 is 2.60 bits per heavy atom. The molecule has 0 aliphatic heterocycles. The first-order chi connectivity index (χ1) is 7.13. The van der Waals surface area contributed by atoms with E-state index in [-0.39, 0.29) is 4.61 Å². The summed E-state index contributed by atoms with van der Waals surface area (Å²) in [5.74, 6) is 0.756. The van der Waals surface area contributed by atoms with Crippen molar-refractivity contribution in [1.82, 2.24) is 0 Å². The molecule has 0 amide bonds. The Kier molecular flexibility index (Phi) is 4.30. The summed E-state index contributed by atoms with van der Waals surface area (Å²) in [5.41, 5.74) is 0.752. The summed E-state index contributed by atoms with van der Waals surface area (Å²) in [6.45, 7) is 2.50. The molecule has 1 aromatic carbocycles. The van der Waals surface area contributed by atoms with Crippen LogP contribution in [0.3, 0.4) is 0 Å². The maximum Gasteiger partial charge on any atom is 0.311 e. The van der Waals surface area contributed by atoms with Crippen molar-refractivity contribution in [2.24, 2.45) is 0 Å². The van der Waals surface area contributed by atoms with E-state index in [2.05, 4.69) is 15.9 Å². The van der Waals surface area contributed by atoms with Gasteiger partial charge in [-0.2, -0.15) is 0 Å². The lowest BCUT2D eigenvalue weighted by atomic mass is 10.2. The van der Waals surface area contributed by atoms with Crippen molar-refractivity contribution < 1.29 is 9.66 Å². The lowest BCUT2D eigenvalue weighted by Gasteiger charge is -2.01. The smallest absolute Gasteiger partial charge is 0.311 e. The van der Waals surface area contributed by atoms with Gasteiger partial charge in [-0.25, -0.2) is 0 Å². The fraction of sp³-hybridized carbons (Fsp3) is 0.200. The molecule has 80 valence electrons. The largest absolute Gasteiger partial charge is 0.494 e. The van der Waals surface area contributed by atoms with Crippen LogP contribution in [-0.2, 0) is 0 Å². The number of rotatable bonds is 4. The van der Waals surface area contributed by atoms with Crippen molar-refractivity contribution in [2.45, 2.75) is 6.92 Å². The maximum absolute atomic E-state index is 10.3. The minimum Gasteiger partial charge on any atom is -0.494 e. The zero-order chi connectivity index (χ0) is 11.3. The first-order valence-electron chi connectivity index (χ1n) is 4.38. The molecule has 0 aliphatic rings. The average molecular weight is 272 g/mol. The molecule has 0 spiro atoms. The zero-order valence-electron chi connectivity index (χ0n) is 8.14. The van der Waals surface area contributed by atoms with Crippen LogP contribution < -0.4 is 4.74 Å². The van der Waals surface area contributed by atoms with Gasteiger partial charge in [-0.05, 0) is 24.6 Å². The molecule has 1 rings (SSSR count). The van der Waals surface area contributed by atoms with Crippen molar-refractivity contribution in [3.05, 3.63) is 44.5 Å². The summed E-state index contributed by atoms with van der Waals surface area (Å²) in [6.07, 6.45) is 1.44. The van der Waals surface area contributed by atoms with E-state index in [4.69, 9.17) is 4.74 Å². The molecule has 0 fully saturated rings. The number of halogens is 1. The summed E-state index contributed by atoms with van der Waals surface area (Å²) in [5, 5.41) is 10.3. The third kappa shape index (κ3) is 3.71. The van der Waals surface area contributed by atoms with E-state index < -0.39 is 4.92 Å². The van der Waals surface area contributed by atoms with Gasteiger partial charge in [0.15, 0.2) is 0 Å². The van der Waals surface area contributed by atoms with Crippen molar-refractivity contribution in [3.63, 3.8) is 0 Å². The van der Waals surface area contributed by atoms with Gasteiger partial charge in [0.2, 0.25) is 0 Å². The number of ether oxygens (including phenoxy) is 1. The highest BCUT2D eigenvalue weighted by Gasteiger charge is 2.04. The molecule has 0 aromatic heterocycles. The van der Waals surface area contributed by atoms with Crippen molar-refractivity contribution in [1.29, 1.82) is 0 Å². The molecule has 0 aliphatic carbocycles. The molecule has 0 saturated carbocycles. The van der Waals surface area contributed by atoms with Crippen LogP contribution >= 0.6 is 15.9 Å². The highest BCUT2D eigenvalue weighted by molar-refractivity contribution is 9.11. The van der Waals surface area contributed by atoms with Crippen molar-refractivity contribution >= 4 is 22.0 Å². The third-order valence-corrected chi connectivity index (χ3v) is 2.17. The Labute approximate surface area is 95.8 Å². The van der Waals surface area contributed by atoms with Gasteiger partial charge in [0.1, 0.15) is 5.75 Å². The van der Waals surface area contributed by atoms with Crippen LogP contribution in [0.2, 0.25) is 0 Å². The molecule has 1 aromatic rings. The average Bonchev–Trinajstić information content (AvgIpc) is 2.21. The Morgan fingerprint density at radius 1 is 1.53 bits per heavy atom. The van der Waals surface area contributed by atoms with Crippen LogP contribution in [0.5, 0.6) is 5.75 Å². The lowest BCUT2D eigenvalue weighted by Crippen LogP contribution is -1.91. The van der Waals surface area contributed by atoms with Crippen LogP contribution in [0.15, 0.2) is 28.9 Å². The molecular formula is C10H10BrNO3. The zero-order valence-corrected chi connectivity index (χ0v) is 9.73. The monoisotopic (exact) mass is 271 g/mol. The molecule has 4 nitrogen and oxygen atoms in total. The maximum atomic E-state index is 10.3. The lowest BCUT2D eigenvalue weighted by molar-refractivity contribution is -0.407. The van der Waals surface area contributed by atoms with E-state index in [9.17, 15) is 10.1 Å². The van der Waals surface area contributed by atoms with Crippen LogP contribution in [-0.4, -0.2) is 11.5 Å². The molecule has 0 N–H and O–H groups in total. The minimum atomic E-state index is -0.490. The Bertz CT molecular complexity index is 373. The van der Waals surface area contributed by atoms with E-state index >= 15 is 0 Å². The second-order valence-electron chi connectivity index (χ2n) is 2.73. The standard InChI is InChI=1S/C10H10BrNO3/c1-2-15-9-5-3-8(4-6-9)7-10(11)12(13)14/h3-7H,2H2,1H3. The molecule has 0 atom stereocenters. The molecule has 0 bridgehead atoms. The highest BCUT2D eigenvalue weighted by atomic mass is 79.9. The van der Waals surface area contributed by atoms with Gasteiger partial charge >= 0.3 is 4.61 Å². The number of nitrogens with zero attached hydrogens (tertiary/aromatic N) is 1. The number of hydrogen-bond acceptors (Lipinski definition) is 3. The van der Waals surface area contributed by atoms with Gasteiger partial charge in [0.05, 0.1) is 11.5 Å². The fourth-order valence-electron chi connectivity index (χ4n) is 1.02. The third-order valence-electron chi connectivity index (χ3n) is 1.65. The molecular weight excluding hydrogens is 262 g/mol. The predicted octanol–water partition coefficient (Wildman–Crippen LogP) is 3.06. The van der Waals surface area contributed by atoms with E-state index in [1.54, 1.807) is 24.3 Å². The van der Waals surface area contributed by atoms with Gasteiger partial charge < -0.3 is 4.74 Å². The molecule has 0 unspecified atom stereocenters. The van der Waals surface area contributed by atoms with Gasteiger partial charge in [-0.15, -0.1) is 0 Å². The van der Waals surface area contributed by atoms with Crippen LogP contribution in [0.1, 0.15) is 12.5 Å². The first kappa shape index (κ1) is 11.7. The number of hydrogen-bond donors (Lipinski definition) is 0. The Morgan fingerprint density at radius 2 is 2.13 bits per heavy atom. The number of benzene rings is 1. The quantitative estimate of drug-likeness (QED) is 0.481. The van der Waals surface area contributed by atoms with Gasteiger partial charge in [0, 0.05) is 22.0 Å². The van der Waals surface area contributed by atoms with E-state index in [0.717, 1.165) is 11.3 Å². The van der Waals surface area contributed by atoms with Crippen LogP contribution in [0.25, 0.3) is 6.08 Å². The molecule has 5 heteroatoms. The fourth-order valence-corrected chi connectivity index (χ4v) is 1.28. The summed E-state index contributed by atoms with van der Waals surface area (Å²) in [6, 6.07) is 7.07. The van der Waals surface area contributed by atoms with Gasteiger partial charge in [0.25, 0.3) is 0 Å². The second kappa shape index (κ2) is 5.50. The van der Waals surface area contributed by atoms with E-state index in [0.29, 0.717) is 6.61 Å².